The van der Waals surface area contributed by atoms with Gasteiger partial charge in [-0.25, -0.2) is 4.98 Å². The van der Waals surface area contributed by atoms with Crippen molar-refractivity contribution < 1.29 is 0 Å². The second kappa shape index (κ2) is 3.42. The highest BCUT2D eigenvalue weighted by molar-refractivity contribution is 6.31. The van der Waals surface area contributed by atoms with Gasteiger partial charge in [0.2, 0.25) is 0 Å². The Morgan fingerprint density at radius 3 is 2.57 bits per heavy atom. The Bertz CT molecular complexity index is 445. The summed E-state index contributed by atoms with van der Waals surface area (Å²) in [6.07, 6.45) is 1.79. The Morgan fingerprint density at radius 2 is 2.07 bits per heavy atom. The lowest BCUT2D eigenvalue weighted by Crippen LogP contribution is -1.83. The molecule has 2 aromatic rings. The van der Waals surface area contributed by atoms with Gasteiger partial charge in [-0.15, -0.1) is 0 Å². The molecule has 0 aliphatic rings. The van der Waals surface area contributed by atoms with E-state index in [1.165, 1.54) is 0 Å². The summed E-state index contributed by atoms with van der Waals surface area (Å²) in [4.78, 5) is 11.4. The van der Waals surface area contributed by atoms with E-state index in [9.17, 15) is 0 Å². The molecule has 0 bridgehead atoms. The van der Waals surface area contributed by atoms with E-state index in [-0.39, 0.29) is 0 Å². The molecule has 0 saturated carbocycles. The molecule has 0 aromatic carbocycles. The quantitative estimate of drug-likeness (QED) is 0.781. The smallest absolute Gasteiger partial charge is 0.155 e. The summed E-state index contributed by atoms with van der Waals surface area (Å²) in [5.41, 5.74) is 2.78. The average Bonchev–Trinajstić information content (AvgIpc) is 2.47. The summed E-state index contributed by atoms with van der Waals surface area (Å²) in [7, 11) is 0. The molecule has 72 valence electrons. The van der Waals surface area contributed by atoms with E-state index in [1.54, 1.807) is 6.20 Å². The molecule has 0 saturated heterocycles. The zero-order valence-electron chi connectivity index (χ0n) is 8.00. The maximum atomic E-state index is 5.95. The second-order valence-electron chi connectivity index (χ2n) is 3.18. The molecule has 3 nitrogen and oxygen atoms in total. The van der Waals surface area contributed by atoms with Gasteiger partial charge in [0.05, 0.1) is 5.69 Å². The number of aromatic amines is 1. The van der Waals surface area contributed by atoms with Crippen LogP contribution < -0.4 is 0 Å². The van der Waals surface area contributed by atoms with Crippen LogP contribution in [0.3, 0.4) is 0 Å². The summed E-state index contributed by atoms with van der Waals surface area (Å²) in [6.45, 7) is 3.82. The number of aryl methyl sites for hydroxylation is 2. The fourth-order valence-electron chi connectivity index (χ4n) is 1.27. The van der Waals surface area contributed by atoms with Crippen molar-refractivity contribution in [3.63, 3.8) is 0 Å². The first kappa shape index (κ1) is 9.21. The number of aromatic nitrogens is 3. The number of hydrogen-bond acceptors (Lipinski definition) is 2. The molecule has 0 spiro atoms. The van der Waals surface area contributed by atoms with Crippen LogP contribution in [0.4, 0.5) is 0 Å². The summed E-state index contributed by atoms with van der Waals surface area (Å²) in [6, 6.07) is 3.92. The van der Waals surface area contributed by atoms with Crippen LogP contribution in [0.25, 0.3) is 11.3 Å². The first-order chi connectivity index (χ1) is 6.66. The minimum absolute atomic E-state index is 0.494. The van der Waals surface area contributed by atoms with Crippen molar-refractivity contribution >= 4 is 11.6 Å². The van der Waals surface area contributed by atoms with Crippen molar-refractivity contribution in [3.8, 4) is 11.3 Å². The zero-order valence-corrected chi connectivity index (χ0v) is 8.76. The summed E-state index contributed by atoms with van der Waals surface area (Å²) in [5.74, 6) is 0.811. The SMILES string of the molecule is Cc1ccc(-c2[nH]c(C)nc2Cl)cn1. The van der Waals surface area contributed by atoms with Crippen molar-refractivity contribution in [1.29, 1.82) is 0 Å². The van der Waals surface area contributed by atoms with Crippen molar-refractivity contribution in [2.75, 3.05) is 0 Å². The first-order valence-corrected chi connectivity index (χ1v) is 4.70. The van der Waals surface area contributed by atoms with E-state index in [0.717, 1.165) is 22.8 Å². The van der Waals surface area contributed by atoms with E-state index in [2.05, 4.69) is 15.0 Å². The summed E-state index contributed by atoms with van der Waals surface area (Å²) in [5, 5.41) is 0.494. The molecular formula is C10H10ClN3. The molecule has 0 unspecified atom stereocenters. The number of hydrogen-bond donors (Lipinski definition) is 1. The van der Waals surface area contributed by atoms with E-state index < -0.39 is 0 Å². The van der Waals surface area contributed by atoms with Crippen LogP contribution in [0.1, 0.15) is 11.5 Å². The van der Waals surface area contributed by atoms with Gasteiger partial charge in [0, 0.05) is 17.5 Å². The Morgan fingerprint density at radius 1 is 1.29 bits per heavy atom. The standard InChI is InChI=1S/C10H10ClN3/c1-6-3-4-8(5-12-6)9-10(11)14-7(2)13-9/h3-5H,1-2H3,(H,13,14). The number of H-pyrrole nitrogens is 1. The summed E-state index contributed by atoms with van der Waals surface area (Å²) >= 11 is 5.95. The van der Waals surface area contributed by atoms with Crippen LogP contribution in [0.2, 0.25) is 5.15 Å². The highest BCUT2D eigenvalue weighted by Gasteiger charge is 2.07. The van der Waals surface area contributed by atoms with Crippen LogP contribution in [-0.2, 0) is 0 Å². The van der Waals surface area contributed by atoms with Crippen LogP contribution in [0, 0.1) is 13.8 Å². The average molecular weight is 208 g/mol. The second-order valence-corrected chi connectivity index (χ2v) is 3.53. The van der Waals surface area contributed by atoms with E-state index in [0.29, 0.717) is 5.15 Å². The molecule has 0 amide bonds. The van der Waals surface area contributed by atoms with Crippen molar-refractivity contribution in [3.05, 3.63) is 35.0 Å². The van der Waals surface area contributed by atoms with Crippen LogP contribution in [-0.4, -0.2) is 15.0 Å². The maximum Gasteiger partial charge on any atom is 0.155 e. The van der Waals surface area contributed by atoms with Gasteiger partial charge in [0.15, 0.2) is 5.15 Å². The molecular weight excluding hydrogens is 198 g/mol. The molecule has 14 heavy (non-hydrogen) atoms. The zero-order chi connectivity index (χ0) is 10.1. The van der Waals surface area contributed by atoms with Crippen LogP contribution >= 0.6 is 11.6 Å². The number of halogens is 1. The van der Waals surface area contributed by atoms with E-state index in [4.69, 9.17) is 11.6 Å². The minimum atomic E-state index is 0.494. The fourth-order valence-corrected chi connectivity index (χ4v) is 1.55. The molecule has 2 aromatic heterocycles. The monoisotopic (exact) mass is 207 g/mol. The predicted molar refractivity (Wildman–Crippen MR) is 56.3 cm³/mol. The number of rotatable bonds is 1. The summed E-state index contributed by atoms with van der Waals surface area (Å²) < 4.78 is 0. The Hall–Kier alpha value is -1.35. The largest absolute Gasteiger partial charge is 0.341 e. The first-order valence-electron chi connectivity index (χ1n) is 4.32. The van der Waals surface area contributed by atoms with Crippen molar-refractivity contribution in [1.82, 2.24) is 15.0 Å². The number of nitrogens with zero attached hydrogens (tertiary/aromatic N) is 2. The normalized spacial score (nSPS) is 10.5. The fraction of sp³-hybridized carbons (Fsp3) is 0.200. The van der Waals surface area contributed by atoms with Crippen LogP contribution in [0.15, 0.2) is 18.3 Å². The third kappa shape index (κ3) is 1.63. The van der Waals surface area contributed by atoms with E-state index >= 15 is 0 Å². The molecule has 0 aliphatic heterocycles. The lowest BCUT2D eigenvalue weighted by Gasteiger charge is -1.97. The van der Waals surface area contributed by atoms with Crippen LogP contribution in [0.5, 0.6) is 0 Å². The van der Waals surface area contributed by atoms with Gasteiger partial charge < -0.3 is 4.98 Å². The Kier molecular flexibility index (Phi) is 2.25. The van der Waals surface area contributed by atoms with Gasteiger partial charge in [-0.2, -0.15) is 0 Å². The molecule has 0 atom stereocenters. The Labute approximate surface area is 87.2 Å². The molecule has 0 aliphatic carbocycles. The highest BCUT2D eigenvalue weighted by Crippen LogP contribution is 2.24. The van der Waals surface area contributed by atoms with E-state index in [1.807, 2.05) is 26.0 Å². The van der Waals surface area contributed by atoms with Crippen molar-refractivity contribution in [2.24, 2.45) is 0 Å². The molecule has 1 N–H and O–H groups in total. The minimum Gasteiger partial charge on any atom is -0.341 e. The Balaban J connectivity index is 2.49. The lowest BCUT2D eigenvalue weighted by molar-refractivity contribution is 1.15. The topological polar surface area (TPSA) is 41.6 Å². The van der Waals surface area contributed by atoms with Gasteiger partial charge in [-0.1, -0.05) is 11.6 Å². The van der Waals surface area contributed by atoms with Gasteiger partial charge >= 0.3 is 0 Å². The third-order valence-corrected chi connectivity index (χ3v) is 2.25. The molecule has 2 heterocycles. The lowest BCUT2D eigenvalue weighted by atomic mass is 10.2. The number of nitrogens with one attached hydrogen (secondary N) is 1. The van der Waals surface area contributed by atoms with Gasteiger partial charge in [-0.05, 0) is 26.0 Å². The molecule has 2 rings (SSSR count). The van der Waals surface area contributed by atoms with Crippen molar-refractivity contribution in [2.45, 2.75) is 13.8 Å². The molecule has 0 radical (unpaired) electrons. The predicted octanol–water partition coefficient (Wildman–Crippen LogP) is 2.74. The van der Waals surface area contributed by atoms with Gasteiger partial charge in [-0.3, -0.25) is 4.98 Å². The van der Waals surface area contributed by atoms with Gasteiger partial charge in [0.1, 0.15) is 5.82 Å². The number of pyridine rings is 1. The maximum absolute atomic E-state index is 5.95. The third-order valence-electron chi connectivity index (χ3n) is 1.98. The molecule has 0 fully saturated rings. The highest BCUT2D eigenvalue weighted by atomic mass is 35.5. The molecule has 4 heteroatoms. The number of imidazole rings is 1. The van der Waals surface area contributed by atoms with Gasteiger partial charge in [0.25, 0.3) is 0 Å².